The molecule has 1 aromatic heterocycles. The molecule has 0 bridgehead atoms. The van der Waals surface area contributed by atoms with Crippen molar-refractivity contribution in [3.63, 3.8) is 0 Å². The average molecular weight is 451 g/mol. The molecule has 1 aliphatic rings. The largest absolute Gasteiger partial charge is 0.349 e. The maximum atomic E-state index is 13.1. The predicted octanol–water partition coefficient (Wildman–Crippen LogP) is 4.97. The van der Waals surface area contributed by atoms with E-state index in [9.17, 15) is 9.18 Å². The van der Waals surface area contributed by atoms with Gasteiger partial charge in [0.25, 0.3) is 0 Å². The lowest BCUT2D eigenvalue weighted by Crippen LogP contribution is -2.43. The highest BCUT2D eigenvalue weighted by atomic mass is 19.1. The van der Waals surface area contributed by atoms with Gasteiger partial charge >= 0.3 is 0 Å². The van der Waals surface area contributed by atoms with E-state index in [1.165, 1.54) is 28.8 Å². The van der Waals surface area contributed by atoms with E-state index in [4.69, 9.17) is 4.52 Å². The number of halogens is 1. The number of amides is 1. The van der Waals surface area contributed by atoms with Crippen molar-refractivity contribution in [2.75, 3.05) is 13.1 Å². The Balaban J connectivity index is 1.37. The summed E-state index contributed by atoms with van der Waals surface area (Å²) < 4.78 is 18.6. The number of hydrogen-bond donors (Lipinski definition) is 1. The lowest BCUT2D eigenvalue weighted by molar-refractivity contribution is -0.127. The van der Waals surface area contributed by atoms with Crippen LogP contribution in [0.3, 0.4) is 0 Å². The molecule has 2 heterocycles. The standard InChI is InChI=1S/C26H31FN4O2/c1-4-23(22-12-7-17(2)14-18(22)3)28-26(32)20-6-5-13-31(15-20)16-24-29-25(30-33-24)19-8-10-21(27)11-9-19/h7-12,14,20,23H,4-6,13,15-16H2,1-3H3,(H,28,32). The number of likely N-dealkylation sites (tertiary alicyclic amines) is 1. The smallest absolute Gasteiger partial charge is 0.241 e. The van der Waals surface area contributed by atoms with Gasteiger partial charge < -0.3 is 9.84 Å². The Morgan fingerprint density at radius 3 is 2.76 bits per heavy atom. The molecule has 2 unspecified atom stereocenters. The van der Waals surface area contributed by atoms with Gasteiger partial charge in [0, 0.05) is 12.1 Å². The molecule has 0 spiro atoms. The molecule has 0 saturated carbocycles. The second-order valence-electron chi connectivity index (χ2n) is 8.92. The Kier molecular flexibility index (Phi) is 7.18. The fourth-order valence-electron chi connectivity index (χ4n) is 4.55. The van der Waals surface area contributed by atoms with E-state index in [-0.39, 0.29) is 23.7 Å². The lowest BCUT2D eigenvalue weighted by Gasteiger charge is -2.32. The van der Waals surface area contributed by atoms with E-state index in [1.807, 2.05) is 0 Å². The molecule has 2 aromatic carbocycles. The summed E-state index contributed by atoms with van der Waals surface area (Å²) in [5.74, 6) is 0.665. The van der Waals surface area contributed by atoms with Gasteiger partial charge in [0.05, 0.1) is 18.5 Å². The van der Waals surface area contributed by atoms with E-state index in [0.717, 1.165) is 25.8 Å². The molecular formula is C26H31FN4O2. The van der Waals surface area contributed by atoms with Crippen LogP contribution in [0.15, 0.2) is 47.0 Å². The van der Waals surface area contributed by atoms with E-state index in [1.54, 1.807) is 12.1 Å². The summed E-state index contributed by atoms with van der Waals surface area (Å²) in [5.41, 5.74) is 4.33. The molecule has 0 aliphatic carbocycles. The summed E-state index contributed by atoms with van der Waals surface area (Å²) in [6, 6.07) is 12.4. The highest BCUT2D eigenvalue weighted by Gasteiger charge is 2.28. The van der Waals surface area contributed by atoms with Crippen LogP contribution in [0.1, 0.15) is 54.8 Å². The predicted molar refractivity (Wildman–Crippen MR) is 125 cm³/mol. The summed E-state index contributed by atoms with van der Waals surface area (Å²) in [4.78, 5) is 19.8. The summed E-state index contributed by atoms with van der Waals surface area (Å²) in [7, 11) is 0. The number of benzene rings is 2. The molecule has 33 heavy (non-hydrogen) atoms. The van der Waals surface area contributed by atoms with Gasteiger partial charge in [-0.25, -0.2) is 4.39 Å². The van der Waals surface area contributed by atoms with Crippen molar-refractivity contribution in [3.8, 4) is 11.4 Å². The summed E-state index contributed by atoms with van der Waals surface area (Å²) in [6.45, 7) is 8.32. The van der Waals surface area contributed by atoms with Crippen LogP contribution >= 0.6 is 0 Å². The average Bonchev–Trinajstić information content (AvgIpc) is 3.27. The van der Waals surface area contributed by atoms with Crippen LogP contribution in [-0.2, 0) is 11.3 Å². The van der Waals surface area contributed by atoms with Crippen LogP contribution in [0, 0.1) is 25.6 Å². The number of piperidine rings is 1. The van der Waals surface area contributed by atoms with Crippen LogP contribution in [-0.4, -0.2) is 34.0 Å². The first-order valence-electron chi connectivity index (χ1n) is 11.6. The van der Waals surface area contributed by atoms with Crippen LogP contribution in [0.5, 0.6) is 0 Å². The van der Waals surface area contributed by atoms with Crippen molar-refractivity contribution in [1.29, 1.82) is 0 Å². The van der Waals surface area contributed by atoms with E-state index in [0.29, 0.717) is 30.4 Å². The fourth-order valence-corrected chi connectivity index (χ4v) is 4.55. The number of nitrogens with zero attached hydrogens (tertiary/aromatic N) is 3. The van der Waals surface area contributed by atoms with Gasteiger partial charge in [0.2, 0.25) is 17.6 Å². The summed E-state index contributed by atoms with van der Waals surface area (Å²) >= 11 is 0. The molecule has 0 radical (unpaired) electrons. The normalized spacial score (nSPS) is 17.6. The topological polar surface area (TPSA) is 71.3 Å². The minimum Gasteiger partial charge on any atom is -0.349 e. The third-order valence-corrected chi connectivity index (χ3v) is 6.33. The second kappa shape index (κ2) is 10.3. The van der Waals surface area contributed by atoms with Crippen LogP contribution in [0.25, 0.3) is 11.4 Å². The minimum atomic E-state index is -0.303. The monoisotopic (exact) mass is 450 g/mol. The SMILES string of the molecule is CCC(NC(=O)C1CCCN(Cc2nc(-c3ccc(F)cc3)no2)C1)c1ccc(C)cc1C. The molecule has 7 heteroatoms. The van der Waals surface area contributed by atoms with Crippen LogP contribution < -0.4 is 5.32 Å². The van der Waals surface area contributed by atoms with E-state index < -0.39 is 0 Å². The molecule has 1 fully saturated rings. The minimum absolute atomic E-state index is 0.0164. The van der Waals surface area contributed by atoms with Gasteiger partial charge in [-0.2, -0.15) is 4.98 Å². The zero-order valence-electron chi connectivity index (χ0n) is 19.5. The Morgan fingerprint density at radius 2 is 2.03 bits per heavy atom. The lowest BCUT2D eigenvalue weighted by atomic mass is 9.94. The number of aryl methyl sites for hydroxylation is 2. The molecule has 1 N–H and O–H groups in total. The van der Waals surface area contributed by atoms with E-state index in [2.05, 4.69) is 59.3 Å². The number of carbonyl (C=O) groups excluding carboxylic acids is 1. The number of aromatic nitrogens is 2. The first-order chi connectivity index (χ1) is 15.9. The number of nitrogens with one attached hydrogen (secondary N) is 1. The number of carbonyl (C=O) groups is 1. The van der Waals surface area contributed by atoms with Gasteiger partial charge in [-0.3, -0.25) is 9.69 Å². The molecular weight excluding hydrogens is 419 g/mol. The molecule has 4 rings (SSSR count). The Morgan fingerprint density at radius 1 is 1.24 bits per heavy atom. The molecule has 6 nitrogen and oxygen atoms in total. The van der Waals surface area contributed by atoms with Crippen LogP contribution in [0.2, 0.25) is 0 Å². The van der Waals surface area contributed by atoms with Crippen LogP contribution in [0.4, 0.5) is 4.39 Å². The van der Waals surface area contributed by atoms with Crippen molar-refractivity contribution in [1.82, 2.24) is 20.4 Å². The number of hydrogen-bond acceptors (Lipinski definition) is 5. The maximum absolute atomic E-state index is 13.1. The zero-order chi connectivity index (χ0) is 23.4. The zero-order valence-corrected chi connectivity index (χ0v) is 19.5. The summed E-state index contributed by atoms with van der Waals surface area (Å²) in [5, 5.41) is 7.30. The van der Waals surface area contributed by atoms with Crippen molar-refractivity contribution >= 4 is 5.91 Å². The Labute approximate surface area is 194 Å². The van der Waals surface area contributed by atoms with Gasteiger partial charge in [-0.15, -0.1) is 0 Å². The third kappa shape index (κ3) is 5.66. The second-order valence-corrected chi connectivity index (χ2v) is 8.92. The highest BCUT2D eigenvalue weighted by molar-refractivity contribution is 5.79. The Bertz CT molecular complexity index is 1100. The first kappa shape index (κ1) is 23.1. The summed E-state index contributed by atoms with van der Waals surface area (Å²) in [6.07, 6.45) is 2.66. The van der Waals surface area contributed by atoms with Crippen molar-refractivity contribution in [2.45, 2.75) is 52.6 Å². The van der Waals surface area contributed by atoms with Crippen molar-refractivity contribution in [3.05, 3.63) is 70.9 Å². The molecule has 3 aromatic rings. The van der Waals surface area contributed by atoms with Gasteiger partial charge in [-0.1, -0.05) is 35.8 Å². The van der Waals surface area contributed by atoms with Gasteiger partial charge in [0.1, 0.15) is 5.82 Å². The quantitative estimate of drug-likeness (QED) is 0.550. The first-order valence-corrected chi connectivity index (χ1v) is 11.6. The fraction of sp³-hybridized carbons (Fsp3) is 0.423. The van der Waals surface area contributed by atoms with Crippen molar-refractivity contribution < 1.29 is 13.7 Å². The van der Waals surface area contributed by atoms with Gasteiger partial charge in [0.15, 0.2) is 0 Å². The third-order valence-electron chi connectivity index (χ3n) is 6.33. The molecule has 174 valence electrons. The van der Waals surface area contributed by atoms with Crippen molar-refractivity contribution in [2.24, 2.45) is 5.92 Å². The molecule has 1 aliphatic heterocycles. The maximum Gasteiger partial charge on any atom is 0.241 e. The molecule has 1 saturated heterocycles. The number of rotatable bonds is 7. The molecule has 1 amide bonds. The van der Waals surface area contributed by atoms with E-state index >= 15 is 0 Å². The highest BCUT2D eigenvalue weighted by Crippen LogP contribution is 2.25. The molecule has 2 atom stereocenters. The Hall–Kier alpha value is -3.06. The van der Waals surface area contributed by atoms with Gasteiger partial charge in [-0.05, 0) is 75.0 Å².